The highest BCUT2D eigenvalue weighted by atomic mass is 16.1. The van der Waals surface area contributed by atoms with Gasteiger partial charge in [-0.05, 0) is 72.2 Å². The Kier molecular flexibility index (Phi) is 6.84. The first kappa shape index (κ1) is 24.6. The molecular weight excluding hydrogens is 464 g/mol. The fourth-order valence-corrected chi connectivity index (χ4v) is 6.83. The number of ketones is 1. The van der Waals surface area contributed by atoms with Crippen molar-refractivity contribution in [3.63, 3.8) is 0 Å². The lowest BCUT2D eigenvalue weighted by Crippen LogP contribution is -2.32. The predicted molar refractivity (Wildman–Crippen MR) is 157 cm³/mol. The minimum absolute atomic E-state index is 0.0298. The quantitative estimate of drug-likeness (QED) is 0.180. The van der Waals surface area contributed by atoms with Crippen LogP contribution in [0.5, 0.6) is 0 Å². The zero-order valence-corrected chi connectivity index (χ0v) is 22.3. The zero-order valence-electron chi connectivity index (χ0n) is 22.3. The number of hydrogen-bond donors (Lipinski definition) is 0. The number of carbonyl (C=O) groups is 1. The highest BCUT2D eigenvalue weighted by Crippen LogP contribution is 2.52. The number of nitrogens with zero attached hydrogens (tertiary/aromatic N) is 2. The molecule has 1 aliphatic heterocycles. The molecule has 3 aromatic carbocycles. The van der Waals surface area contributed by atoms with E-state index in [0.29, 0.717) is 5.69 Å². The Bertz CT molecular complexity index is 1450. The number of hydrogen-bond acceptors (Lipinski definition) is 3. The van der Waals surface area contributed by atoms with Gasteiger partial charge in [0, 0.05) is 35.6 Å². The molecule has 0 spiro atoms. The topological polar surface area (TPSA) is 33.2 Å². The van der Waals surface area contributed by atoms with Crippen LogP contribution in [0.1, 0.15) is 67.1 Å². The highest BCUT2D eigenvalue weighted by molar-refractivity contribution is 6.05. The molecule has 6 rings (SSSR count). The van der Waals surface area contributed by atoms with Crippen LogP contribution in [0.4, 0.5) is 5.69 Å². The summed E-state index contributed by atoms with van der Waals surface area (Å²) in [5.41, 5.74) is 5.09. The van der Waals surface area contributed by atoms with Crippen molar-refractivity contribution >= 4 is 22.2 Å². The molecule has 0 N–H and O–H groups in total. The second kappa shape index (κ2) is 10.6. The van der Waals surface area contributed by atoms with Crippen molar-refractivity contribution in [2.24, 2.45) is 5.92 Å². The monoisotopic (exact) mass is 500 g/mol. The first-order chi connectivity index (χ1) is 18.6. The number of benzene rings is 3. The number of pyridine rings is 1. The summed E-state index contributed by atoms with van der Waals surface area (Å²) in [5.74, 6) is 0.824. The van der Waals surface area contributed by atoms with Gasteiger partial charge >= 0.3 is 0 Å². The van der Waals surface area contributed by atoms with E-state index in [-0.39, 0.29) is 11.2 Å². The van der Waals surface area contributed by atoms with Crippen LogP contribution in [0.25, 0.3) is 10.8 Å². The van der Waals surface area contributed by atoms with Crippen LogP contribution in [-0.4, -0.2) is 17.3 Å². The van der Waals surface area contributed by atoms with Crippen molar-refractivity contribution in [1.82, 2.24) is 4.98 Å². The normalized spacial score (nSPS) is 20.3. The summed E-state index contributed by atoms with van der Waals surface area (Å²) < 4.78 is 0. The lowest BCUT2D eigenvalue weighted by molar-refractivity contribution is 0.104. The van der Waals surface area contributed by atoms with Gasteiger partial charge in [0.15, 0.2) is 0 Å². The largest absolute Gasteiger partial charge is 0.344 e. The predicted octanol–water partition coefficient (Wildman–Crippen LogP) is 8.29. The average molecular weight is 501 g/mol. The Balaban J connectivity index is 1.48. The fourth-order valence-electron chi connectivity index (χ4n) is 6.83. The second-order valence-electron chi connectivity index (χ2n) is 11.2. The summed E-state index contributed by atoms with van der Waals surface area (Å²) in [6, 6.07) is 29.5. The maximum atomic E-state index is 13.6. The Morgan fingerprint density at radius 2 is 1.71 bits per heavy atom. The van der Waals surface area contributed by atoms with E-state index in [4.69, 9.17) is 0 Å². The van der Waals surface area contributed by atoms with Gasteiger partial charge in [0.2, 0.25) is 5.78 Å². The molecule has 0 amide bonds. The molecule has 2 heterocycles. The van der Waals surface area contributed by atoms with Crippen molar-refractivity contribution in [2.45, 2.75) is 57.3 Å². The molecule has 1 aromatic heterocycles. The van der Waals surface area contributed by atoms with E-state index in [2.05, 4.69) is 83.5 Å². The van der Waals surface area contributed by atoms with Crippen LogP contribution < -0.4 is 4.90 Å². The maximum Gasteiger partial charge on any atom is 0.205 e. The molecule has 2 aliphatic rings. The molecule has 1 fully saturated rings. The summed E-state index contributed by atoms with van der Waals surface area (Å²) in [6.45, 7) is 3.26. The van der Waals surface area contributed by atoms with Crippen LogP contribution in [0, 0.1) is 5.92 Å². The fraction of sp³-hybridized carbons (Fsp3) is 0.314. The van der Waals surface area contributed by atoms with Crippen molar-refractivity contribution in [3.8, 4) is 0 Å². The molecule has 3 nitrogen and oxygen atoms in total. The van der Waals surface area contributed by atoms with Gasteiger partial charge in [-0.25, -0.2) is 0 Å². The van der Waals surface area contributed by atoms with Gasteiger partial charge < -0.3 is 4.90 Å². The van der Waals surface area contributed by atoms with E-state index in [1.807, 2.05) is 24.3 Å². The summed E-state index contributed by atoms with van der Waals surface area (Å²) >= 11 is 0. The average Bonchev–Trinajstić information content (AvgIpc) is 3.55. The van der Waals surface area contributed by atoms with Crippen LogP contribution in [-0.2, 0) is 11.8 Å². The molecule has 0 bridgehead atoms. The third kappa shape index (κ3) is 4.67. The van der Waals surface area contributed by atoms with Gasteiger partial charge in [-0.15, -0.1) is 0 Å². The molecule has 1 aliphatic carbocycles. The minimum atomic E-state index is -0.352. The molecular formula is C35H36N2O. The van der Waals surface area contributed by atoms with Crippen molar-refractivity contribution in [3.05, 3.63) is 120 Å². The zero-order chi connectivity index (χ0) is 26.0. The number of anilines is 1. The summed E-state index contributed by atoms with van der Waals surface area (Å²) in [4.78, 5) is 20.5. The van der Waals surface area contributed by atoms with Gasteiger partial charge in [-0.3, -0.25) is 9.78 Å². The van der Waals surface area contributed by atoms with Crippen molar-refractivity contribution in [2.75, 3.05) is 11.4 Å². The molecule has 1 unspecified atom stereocenters. The van der Waals surface area contributed by atoms with Gasteiger partial charge in [-0.2, -0.15) is 0 Å². The smallest absolute Gasteiger partial charge is 0.205 e. The van der Waals surface area contributed by atoms with E-state index in [9.17, 15) is 4.79 Å². The summed E-state index contributed by atoms with van der Waals surface area (Å²) in [5, 5.41) is 2.52. The maximum absolute atomic E-state index is 13.6. The summed E-state index contributed by atoms with van der Waals surface area (Å²) in [6.07, 6.45) is 12.3. The summed E-state index contributed by atoms with van der Waals surface area (Å²) in [7, 11) is 0. The standard InChI is InChI=1S/C35H36N2O/c1-35(25-27-14-3-2-4-15-27)33(24-32(38)30-19-9-10-22-36-30)37(23-11-16-26-12-5-6-13-26)31-21-20-28-17-7-8-18-29(28)34(31)35/h2-4,7-10,14-15,17-22,24,26H,5-6,11-13,16,23,25H2,1H3. The third-order valence-electron chi connectivity index (χ3n) is 8.66. The van der Waals surface area contributed by atoms with E-state index >= 15 is 0 Å². The molecule has 0 saturated heterocycles. The molecule has 192 valence electrons. The van der Waals surface area contributed by atoms with E-state index in [0.717, 1.165) is 31.0 Å². The number of fused-ring (bicyclic) bond motifs is 3. The van der Waals surface area contributed by atoms with Crippen LogP contribution >= 0.6 is 0 Å². The lowest BCUT2D eigenvalue weighted by Gasteiger charge is -2.31. The van der Waals surface area contributed by atoms with Gasteiger partial charge in [0.1, 0.15) is 5.69 Å². The first-order valence-electron chi connectivity index (χ1n) is 14.1. The Morgan fingerprint density at radius 1 is 0.947 bits per heavy atom. The van der Waals surface area contributed by atoms with Crippen LogP contribution in [0.15, 0.2) is 103 Å². The number of rotatable bonds is 8. The number of carbonyl (C=O) groups excluding carboxylic acids is 1. The molecule has 3 heteroatoms. The lowest BCUT2D eigenvalue weighted by atomic mass is 9.74. The first-order valence-corrected chi connectivity index (χ1v) is 14.1. The number of aromatic nitrogens is 1. The van der Waals surface area contributed by atoms with Crippen molar-refractivity contribution in [1.29, 1.82) is 0 Å². The van der Waals surface area contributed by atoms with Gasteiger partial charge in [0.05, 0.1) is 0 Å². The highest BCUT2D eigenvalue weighted by Gasteiger charge is 2.45. The number of allylic oxidation sites excluding steroid dienone is 2. The molecule has 0 radical (unpaired) electrons. The van der Waals surface area contributed by atoms with Crippen LogP contribution in [0.2, 0.25) is 0 Å². The molecule has 1 atom stereocenters. The SMILES string of the molecule is CC1(Cc2ccccc2)C(=CC(=O)c2ccccn2)N(CCCC2CCCC2)c2ccc3ccccc3c21. The minimum Gasteiger partial charge on any atom is -0.344 e. The van der Waals surface area contributed by atoms with Gasteiger partial charge in [0.25, 0.3) is 0 Å². The van der Waals surface area contributed by atoms with E-state index < -0.39 is 0 Å². The molecule has 4 aromatic rings. The van der Waals surface area contributed by atoms with E-state index in [1.54, 1.807) is 6.20 Å². The second-order valence-corrected chi connectivity index (χ2v) is 11.2. The van der Waals surface area contributed by atoms with Crippen molar-refractivity contribution < 1.29 is 4.79 Å². The Hall–Kier alpha value is -3.72. The van der Waals surface area contributed by atoms with E-state index in [1.165, 1.54) is 59.7 Å². The molecule has 1 saturated carbocycles. The Morgan fingerprint density at radius 3 is 2.50 bits per heavy atom. The van der Waals surface area contributed by atoms with Gasteiger partial charge in [-0.1, -0.05) is 92.4 Å². The van der Waals surface area contributed by atoms with Crippen LogP contribution in [0.3, 0.4) is 0 Å². The third-order valence-corrected chi connectivity index (χ3v) is 8.66. The Labute approximate surface area is 226 Å². The molecule has 38 heavy (non-hydrogen) atoms.